The van der Waals surface area contributed by atoms with Gasteiger partial charge >= 0.3 is 11.8 Å². The molecule has 0 saturated carbocycles. The molecule has 0 bridgehead atoms. The van der Waals surface area contributed by atoms with Crippen LogP contribution in [0.5, 0.6) is 0 Å². The smallest absolute Gasteiger partial charge is 0.312 e. The van der Waals surface area contributed by atoms with E-state index >= 15 is 0 Å². The minimum atomic E-state index is -0.408. The monoisotopic (exact) mass is 453 g/mol. The number of amides is 2. The average Bonchev–Trinajstić information content (AvgIpc) is 3.32. The lowest BCUT2D eigenvalue weighted by atomic mass is 9.86. The number of carbonyl (C=O) groups excluding carboxylic acids is 2. The van der Waals surface area contributed by atoms with Crippen LogP contribution in [0, 0.1) is 17.2 Å². The van der Waals surface area contributed by atoms with Crippen LogP contribution in [0.3, 0.4) is 0 Å². The highest BCUT2D eigenvalue weighted by Crippen LogP contribution is 2.36. The molecular weight excluding hydrogens is 418 g/mol. The number of aromatic nitrogens is 1. The summed E-state index contributed by atoms with van der Waals surface area (Å²) in [5.74, 6) is 0.354. The first-order chi connectivity index (χ1) is 15.7. The fraction of sp³-hybridized carbons (Fsp3) is 0.680. The molecule has 1 aromatic heterocycles. The number of piperazine rings is 1. The van der Waals surface area contributed by atoms with Crippen molar-refractivity contribution in [1.82, 2.24) is 14.8 Å². The number of likely N-dealkylation sites (tertiary alicyclic amines) is 1. The van der Waals surface area contributed by atoms with E-state index in [-0.39, 0.29) is 11.5 Å². The van der Waals surface area contributed by atoms with E-state index in [2.05, 4.69) is 38.7 Å². The van der Waals surface area contributed by atoms with Crippen LogP contribution in [0.25, 0.3) is 0 Å². The van der Waals surface area contributed by atoms with Gasteiger partial charge in [0.1, 0.15) is 11.9 Å². The molecule has 2 fully saturated rings. The van der Waals surface area contributed by atoms with Gasteiger partial charge in [0.05, 0.1) is 17.8 Å². The summed E-state index contributed by atoms with van der Waals surface area (Å²) < 4.78 is 6.06. The Bertz CT molecular complexity index is 967. The predicted octanol–water partition coefficient (Wildman–Crippen LogP) is 2.27. The van der Waals surface area contributed by atoms with Gasteiger partial charge in [-0.15, -0.1) is 0 Å². The lowest BCUT2D eigenvalue weighted by Crippen LogP contribution is -2.53. The molecule has 3 aliphatic heterocycles. The maximum absolute atomic E-state index is 12.7. The third kappa shape index (κ3) is 4.84. The van der Waals surface area contributed by atoms with Crippen LogP contribution in [0.15, 0.2) is 0 Å². The molecule has 0 radical (unpaired) electrons. The normalized spacial score (nSPS) is 20.1. The van der Waals surface area contributed by atoms with Gasteiger partial charge in [-0.3, -0.25) is 9.59 Å². The number of rotatable bonds is 3. The Kier molecular flexibility index (Phi) is 6.62. The van der Waals surface area contributed by atoms with Crippen molar-refractivity contribution in [2.24, 2.45) is 5.92 Å². The first kappa shape index (κ1) is 23.5. The number of hydrogen-bond acceptors (Lipinski definition) is 6. The summed E-state index contributed by atoms with van der Waals surface area (Å²) in [5.41, 5.74) is 3.42. The summed E-state index contributed by atoms with van der Waals surface area (Å²) >= 11 is 0. The highest BCUT2D eigenvalue weighted by atomic mass is 16.5. The van der Waals surface area contributed by atoms with Crippen molar-refractivity contribution in [1.29, 1.82) is 5.26 Å². The zero-order valence-electron chi connectivity index (χ0n) is 20.3. The molecule has 0 unspecified atom stereocenters. The molecule has 1 aromatic rings. The average molecular weight is 454 g/mol. The van der Waals surface area contributed by atoms with Crippen molar-refractivity contribution in [2.45, 2.75) is 65.6 Å². The maximum atomic E-state index is 12.7. The largest absolute Gasteiger partial charge is 0.370 e. The zero-order chi connectivity index (χ0) is 23.8. The van der Waals surface area contributed by atoms with E-state index < -0.39 is 5.91 Å². The van der Waals surface area contributed by atoms with Gasteiger partial charge in [-0.1, -0.05) is 13.8 Å². The van der Waals surface area contributed by atoms with E-state index in [1.807, 2.05) is 0 Å². The summed E-state index contributed by atoms with van der Waals surface area (Å²) in [5, 5.41) is 10.1. The van der Waals surface area contributed by atoms with Crippen LogP contribution in [0.1, 0.15) is 62.9 Å². The lowest BCUT2D eigenvalue weighted by Gasteiger charge is -2.38. The summed E-state index contributed by atoms with van der Waals surface area (Å²) in [6.45, 7) is 12.3. The van der Waals surface area contributed by atoms with Crippen molar-refractivity contribution in [3.05, 3.63) is 22.4 Å². The van der Waals surface area contributed by atoms with E-state index in [0.29, 0.717) is 69.6 Å². The van der Waals surface area contributed by atoms with Crippen LogP contribution in [0.4, 0.5) is 5.82 Å². The van der Waals surface area contributed by atoms with Crippen LogP contribution in [-0.4, -0.2) is 71.5 Å². The first-order valence-corrected chi connectivity index (χ1v) is 12.1. The molecule has 0 spiro atoms. The molecule has 8 nitrogen and oxygen atoms in total. The zero-order valence-corrected chi connectivity index (χ0v) is 20.3. The third-order valence-electron chi connectivity index (χ3n) is 6.84. The molecule has 3 aliphatic rings. The van der Waals surface area contributed by atoms with Gasteiger partial charge in [0.15, 0.2) is 0 Å². The van der Waals surface area contributed by atoms with Crippen LogP contribution in [-0.2, 0) is 33.8 Å². The van der Waals surface area contributed by atoms with E-state index in [1.54, 1.807) is 9.80 Å². The molecule has 4 rings (SSSR count). The standard InChI is InChI=1S/C25H35N5O3/c1-17(2)13-21-20-16-33-25(3,4)14-18(20)19(15-26)22(27-21)28-9-11-30(12-10-28)24(32)23(31)29-7-5-6-8-29/h17H,5-14,16H2,1-4H3. The van der Waals surface area contributed by atoms with Gasteiger partial charge in [-0.2, -0.15) is 5.26 Å². The molecule has 2 saturated heterocycles. The number of nitrogens with zero attached hydrogens (tertiary/aromatic N) is 5. The van der Waals surface area contributed by atoms with E-state index in [9.17, 15) is 14.9 Å². The quantitative estimate of drug-likeness (QED) is 0.653. The van der Waals surface area contributed by atoms with Gasteiger partial charge in [0, 0.05) is 56.9 Å². The van der Waals surface area contributed by atoms with Crippen LogP contribution >= 0.6 is 0 Å². The Morgan fingerprint density at radius 1 is 1.03 bits per heavy atom. The Labute approximate surface area is 196 Å². The fourth-order valence-electron chi connectivity index (χ4n) is 5.03. The summed E-state index contributed by atoms with van der Waals surface area (Å²) in [4.78, 5) is 35.6. The van der Waals surface area contributed by atoms with Crippen molar-refractivity contribution in [3.63, 3.8) is 0 Å². The van der Waals surface area contributed by atoms with Gasteiger partial charge in [-0.05, 0) is 44.6 Å². The second-order valence-electron chi connectivity index (χ2n) is 10.4. The lowest BCUT2D eigenvalue weighted by molar-refractivity contribution is -0.151. The molecule has 0 N–H and O–H groups in total. The number of carbonyl (C=O) groups is 2. The SMILES string of the molecule is CC(C)Cc1nc(N2CCN(C(=O)C(=O)N3CCCC3)CC2)c(C#N)c2c1COC(C)(C)C2. The molecule has 33 heavy (non-hydrogen) atoms. The summed E-state index contributed by atoms with van der Waals surface area (Å²) in [6.07, 6.45) is 3.44. The fourth-order valence-corrected chi connectivity index (χ4v) is 5.03. The molecule has 0 aliphatic carbocycles. The molecule has 8 heteroatoms. The Morgan fingerprint density at radius 3 is 2.21 bits per heavy atom. The van der Waals surface area contributed by atoms with E-state index in [0.717, 1.165) is 36.1 Å². The van der Waals surface area contributed by atoms with Gasteiger partial charge < -0.3 is 19.4 Å². The second-order valence-corrected chi connectivity index (χ2v) is 10.4. The first-order valence-electron chi connectivity index (χ1n) is 12.1. The number of ether oxygens (including phenoxy) is 1. The Balaban J connectivity index is 1.57. The van der Waals surface area contributed by atoms with E-state index in [1.165, 1.54) is 0 Å². The Hall–Kier alpha value is -2.66. The van der Waals surface area contributed by atoms with Gasteiger partial charge in [0.2, 0.25) is 0 Å². The predicted molar refractivity (Wildman–Crippen MR) is 125 cm³/mol. The van der Waals surface area contributed by atoms with Crippen molar-refractivity contribution < 1.29 is 14.3 Å². The molecule has 0 atom stereocenters. The topological polar surface area (TPSA) is 89.8 Å². The molecule has 2 amide bonds. The molecule has 4 heterocycles. The molecule has 178 valence electrons. The maximum Gasteiger partial charge on any atom is 0.312 e. The van der Waals surface area contributed by atoms with Crippen LogP contribution < -0.4 is 4.90 Å². The number of hydrogen-bond donors (Lipinski definition) is 0. The van der Waals surface area contributed by atoms with Crippen LogP contribution in [0.2, 0.25) is 0 Å². The third-order valence-corrected chi connectivity index (χ3v) is 6.84. The molecular formula is C25H35N5O3. The van der Waals surface area contributed by atoms with Crippen molar-refractivity contribution in [3.8, 4) is 6.07 Å². The van der Waals surface area contributed by atoms with Crippen molar-refractivity contribution in [2.75, 3.05) is 44.2 Å². The van der Waals surface area contributed by atoms with E-state index in [4.69, 9.17) is 9.72 Å². The molecule has 0 aromatic carbocycles. The number of pyridine rings is 1. The highest BCUT2D eigenvalue weighted by molar-refractivity contribution is 6.35. The number of anilines is 1. The number of fused-ring (bicyclic) bond motifs is 1. The van der Waals surface area contributed by atoms with Crippen molar-refractivity contribution >= 4 is 17.6 Å². The van der Waals surface area contributed by atoms with Gasteiger partial charge in [-0.25, -0.2) is 4.98 Å². The minimum Gasteiger partial charge on any atom is -0.370 e. The summed E-state index contributed by atoms with van der Waals surface area (Å²) in [7, 11) is 0. The second kappa shape index (κ2) is 9.30. The summed E-state index contributed by atoms with van der Waals surface area (Å²) in [6, 6.07) is 2.43. The highest BCUT2D eigenvalue weighted by Gasteiger charge is 2.35. The minimum absolute atomic E-state index is 0.326. The number of nitriles is 1. The van der Waals surface area contributed by atoms with Gasteiger partial charge in [0.25, 0.3) is 0 Å². The Morgan fingerprint density at radius 2 is 1.64 bits per heavy atom.